The Balaban J connectivity index is 1.43. The van der Waals surface area contributed by atoms with Crippen molar-refractivity contribution in [1.82, 2.24) is 9.88 Å². The number of piperidine rings is 1. The van der Waals surface area contributed by atoms with Crippen molar-refractivity contribution in [3.63, 3.8) is 0 Å². The number of thiazole rings is 1. The molecule has 2 amide bonds. The second-order valence-corrected chi connectivity index (χ2v) is 9.18. The van der Waals surface area contributed by atoms with Gasteiger partial charge in [0.2, 0.25) is 5.91 Å². The number of anilines is 1. The summed E-state index contributed by atoms with van der Waals surface area (Å²) in [5.74, 6) is 0.363. The fourth-order valence-corrected chi connectivity index (χ4v) is 5.23. The number of amides is 2. The number of nitrogens with zero attached hydrogens (tertiary/aromatic N) is 3. The molecule has 0 N–H and O–H groups in total. The number of hydrogen-bond acceptors (Lipinski definition) is 5. The molecule has 0 saturated carbocycles. The molecule has 2 aliphatic rings. The Labute approximate surface area is 195 Å². The average molecular weight is 468 g/mol. The van der Waals surface area contributed by atoms with Crippen molar-refractivity contribution < 1.29 is 14.3 Å². The Morgan fingerprint density at radius 1 is 1.12 bits per heavy atom. The summed E-state index contributed by atoms with van der Waals surface area (Å²) in [6.45, 7) is 1.48. The number of likely N-dealkylation sites (tertiary alicyclic amines) is 1. The molecule has 3 heterocycles. The smallest absolute Gasteiger partial charge is 0.265 e. The Bertz CT molecular complexity index is 1170. The summed E-state index contributed by atoms with van der Waals surface area (Å²) in [7, 11) is 0. The molecule has 2 aromatic carbocycles. The molecule has 8 heteroatoms. The van der Waals surface area contributed by atoms with Crippen LogP contribution in [0.3, 0.4) is 0 Å². The van der Waals surface area contributed by atoms with Crippen LogP contribution >= 0.6 is 22.9 Å². The zero-order valence-corrected chi connectivity index (χ0v) is 19.0. The van der Waals surface area contributed by atoms with Gasteiger partial charge in [-0.15, -0.1) is 11.3 Å². The quantitative estimate of drug-likeness (QED) is 0.549. The van der Waals surface area contributed by atoms with Gasteiger partial charge in [0.25, 0.3) is 5.91 Å². The van der Waals surface area contributed by atoms with Crippen LogP contribution in [0.4, 0.5) is 5.69 Å². The maximum Gasteiger partial charge on any atom is 0.265 e. The highest BCUT2D eigenvalue weighted by atomic mass is 35.5. The summed E-state index contributed by atoms with van der Waals surface area (Å²) in [6, 6.07) is 13.2. The van der Waals surface area contributed by atoms with Crippen LogP contribution in [0.1, 0.15) is 19.3 Å². The van der Waals surface area contributed by atoms with Crippen LogP contribution in [0.25, 0.3) is 21.8 Å². The molecule has 0 unspecified atom stereocenters. The van der Waals surface area contributed by atoms with Gasteiger partial charge < -0.3 is 9.64 Å². The third-order valence-corrected chi connectivity index (χ3v) is 7.01. The van der Waals surface area contributed by atoms with Crippen LogP contribution in [0.5, 0.6) is 5.75 Å². The molecular weight excluding hydrogens is 446 g/mol. The maximum absolute atomic E-state index is 12.8. The minimum atomic E-state index is -0.213. The standard InChI is InChI=1S/C24H22ClN3O3S/c25-18-7-3-2-6-17(18)24-26-19(15-32-24)16-8-9-21-20(12-16)28(23(30)14-31-21)13-22(29)27-10-4-1-5-11-27/h2-3,6-9,12,15H,1,4-5,10-11,13-14H2. The van der Waals surface area contributed by atoms with E-state index in [1.165, 1.54) is 11.3 Å². The number of benzene rings is 2. The lowest BCUT2D eigenvalue weighted by Gasteiger charge is -2.32. The normalized spacial score (nSPS) is 16.0. The number of carbonyl (C=O) groups excluding carboxylic acids is 2. The molecule has 32 heavy (non-hydrogen) atoms. The van der Waals surface area contributed by atoms with E-state index in [4.69, 9.17) is 21.3 Å². The molecule has 1 saturated heterocycles. The second-order valence-electron chi connectivity index (χ2n) is 7.91. The number of halogens is 1. The van der Waals surface area contributed by atoms with E-state index < -0.39 is 0 Å². The number of carbonyl (C=O) groups is 2. The zero-order chi connectivity index (χ0) is 22.1. The van der Waals surface area contributed by atoms with Crippen LogP contribution in [0.15, 0.2) is 47.8 Å². The highest BCUT2D eigenvalue weighted by Crippen LogP contribution is 2.38. The Kier molecular flexibility index (Phi) is 5.85. The number of aromatic nitrogens is 1. The summed E-state index contributed by atoms with van der Waals surface area (Å²) in [6.07, 6.45) is 3.18. The third kappa shape index (κ3) is 4.10. The third-order valence-electron chi connectivity index (χ3n) is 5.81. The molecule has 0 radical (unpaired) electrons. The van der Waals surface area contributed by atoms with Gasteiger partial charge in [-0.05, 0) is 43.5 Å². The predicted molar refractivity (Wildman–Crippen MR) is 126 cm³/mol. The minimum Gasteiger partial charge on any atom is -0.482 e. The highest BCUT2D eigenvalue weighted by Gasteiger charge is 2.30. The summed E-state index contributed by atoms with van der Waals surface area (Å²) in [5, 5.41) is 3.45. The molecule has 3 aromatic rings. The summed E-state index contributed by atoms with van der Waals surface area (Å²) < 4.78 is 5.62. The van der Waals surface area contributed by atoms with Crippen molar-refractivity contribution in [3.05, 3.63) is 52.9 Å². The zero-order valence-electron chi connectivity index (χ0n) is 17.4. The molecule has 5 rings (SSSR count). The highest BCUT2D eigenvalue weighted by molar-refractivity contribution is 7.13. The molecular formula is C24H22ClN3O3S. The van der Waals surface area contributed by atoms with Gasteiger partial charge in [-0.1, -0.05) is 29.8 Å². The largest absolute Gasteiger partial charge is 0.482 e. The van der Waals surface area contributed by atoms with E-state index in [1.807, 2.05) is 52.7 Å². The molecule has 0 bridgehead atoms. The number of ether oxygens (including phenoxy) is 1. The summed E-state index contributed by atoms with van der Waals surface area (Å²) >= 11 is 7.84. The van der Waals surface area contributed by atoms with Gasteiger partial charge in [0, 0.05) is 29.6 Å². The van der Waals surface area contributed by atoms with Crippen LogP contribution in [-0.2, 0) is 9.59 Å². The number of fused-ring (bicyclic) bond motifs is 1. The van der Waals surface area contributed by atoms with Gasteiger partial charge in [-0.2, -0.15) is 0 Å². The monoisotopic (exact) mass is 467 g/mol. The van der Waals surface area contributed by atoms with Crippen molar-refractivity contribution in [2.45, 2.75) is 19.3 Å². The van der Waals surface area contributed by atoms with E-state index in [1.54, 1.807) is 4.90 Å². The Morgan fingerprint density at radius 2 is 1.94 bits per heavy atom. The second kappa shape index (κ2) is 8.92. The lowest BCUT2D eigenvalue weighted by Crippen LogP contribution is -2.47. The van der Waals surface area contributed by atoms with Crippen LogP contribution in [-0.4, -0.2) is 47.9 Å². The minimum absolute atomic E-state index is 0.0223. The van der Waals surface area contributed by atoms with Gasteiger partial charge in [-0.25, -0.2) is 4.98 Å². The Hall–Kier alpha value is -2.90. The molecule has 2 aliphatic heterocycles. The van der Waals surface area contributed by atoms with Gasteiger partial charge in [0.15, 0.2) is 6.61 Å². The van der Waals surface area contributed by atoms with Gasteiger partial charge in [-0.3, -0.25) is 14.5 Å². The van der Waals surface area contributed by atoms with Crippen LogP contribution < -0.4 is 9.64 Å². The van der Waals surface area contributed by atoms with Crippen LogP contribution in [0.2, 0.25) is 5.02 Å². The van der Waals surface area contributed by atoms with Gasteiger partial charge in [0.05, 0.1) is 16.4 Å². The molecule has 6 nitrogen and oxygen atoms in total. The van der Waals surface area contributed by atoms with E-state index in [9.17, 15) is 9.59 Å². The lowest BCUT2D eigenvalue weighted by molar-refractivity contribution is -0.132. The fourth-order valence-electron chi connectivity index (χ4n) is 4.08. The molecule has 1 fully saturated rings. The SMILES string of the molecule is O=C(CN1C(=O)COc2ccc(-c3csc(-c4ccccc4Cl)n3)cc21)N1CCCCC1. The first-order chi connectivity index (χ1) is 15.6. The first kappa shape index (κ1) is 21.0. The van der Waals surface area contributed by atoms with Crippen molar-refractivity contribution in [2.75, 3.05) is 31.1 Å². The van der Waals surface area contributed by atoms with Crippen molar-refractivity contribution in [1.29, 1.82) is 0 Å². The molecule has 0 aliphatic carbocycles. The maximum atomic E-state index is 12.8. The van der Waals surface area contributed by atoms with Gasteiger partial charge in [0.1, 0.15) is 17.3 Å². The number of rotatable bonds is 4. The summed E-state index contributed by atoms with van der Waals surface area (Å²) in [5.41, 5.74) is 3.13. The van der Waals surface area contributed by atoms with Gasteiger partial charge >= 0.3 is 0 Å². The number of hydrogen-bond donors (Lipinski definition) is 0. The fraction of sp³-hybridized carbons (Fsp3) is 0.292. The summed E-state index contributed by atoms with van der Waals surface area (Å²) in [4.78, 5) is 33.6. The molecule has 164 valence electrons. The van der Waals surface area contributed by atoms with E-state index >= 15 is 0 Å². The first-order valence-corrected chi connectivity index (χ1v) is 11.9. The molecule has 1 aromatic heterocycles. The first-order valence-electron chi connectivity index (χ1n) is 10.7. The molecule has 0 atom stereocenters. The predicted octanol–water partition coefficient (Wildman–Crippen LogP) is 4.87. The topological polar surface area (TPSA) is 62.7 Å². The average Bonchev–Trinajstić information content (AvgIpc) is 3.31. The lowest BCUT2D eigenvalue weighted by atomic mass is 10.1. The van der Waals surface area contributed by atoms with E-state index in [0.29, 0.717) is 16.5 Å². The van der Waals surface area contributed by atoms with E-state index in [0.717, 1.165) is 54.2 Å². The van der Waals surface area contributed by atoms with Crippen LogP contribution in [0, 0.1) is 0 Å². The van der Waals surface area contributed by atoms with E-state index in [-0.39, 0.29) is 25.0 Å². The van der Waals surface area contributed by atoms with Crippen molar-refractivity contribution in [3.8, 4) is 27.6 Å². The van der Waals surface area contributed by atoms with Crippen molar-refractivity contribution >= 4 is 40.4 Å². The van der Waals surface area contributed by atoms with E-state index in [2.05, 4.69) is 0 Å². The Morgan fingerprint density at radius 3 is 2.75 bits per heavy atom. The van der Waals surface area contributed by atoms with Crippen molar-refractivity contribution in [2.24, 2.45) is 0 Å². The molecule has 0 spiro atoms.